The van der Waals surface area contributed by atoms with E-state index in [1.54, 1.807) is 16.8 Å². The normalized spacial score (nSPS) is 11.5. The zero-order valence-electron chi connectivity index (χ0n) is 15.1. The smallest absolute Gasteiger partial charge is 0.258 e. The van der Waals surface area contributed by atoms with Crippen molar-refractivity contribution in [3.8, 4) is 5.69 Å². The quantitative estimate of drug-likeness (QED) is 0.592. The lowest BCUT2D eigenvalue weighted by Gasteiger charge is -2.14. The van der Waals surface area contributed by atoms with Crippen molar-refractivity contribution in [1.29, 1.82) is 0 Å². The number of anilines is 1. The average molecular weight is 406 g/mol. The number of carbonyl (C=O) groups is 1. The standard InChI is InChI=1S/C20H18Cl2FN3O/c1-20(2,3)17-11-18(26(25-17)16-7-5-4-6-14(16)21)24-19(27)13-9-8-12(23)10-15(13)22/h4-11H,1-3H3,(H,24,27). The minimum atomic E-state index is -0.507. The molecule has 7 heteroatoms. The van der Waals surface area contributed by atoms with Crippen LogP contribution in [0.15, 0.2) is 48.5 Å². The van der Waals surface area contributed by atoms with E-state index in [0.717, 1.165) is 11.8 Å². The molecule has 27 heavy (non-hydrogen) atoms. The van der Waals surface area contributed by atoms with Gasteiger partial charge in [0.25, 0.3) is 5.91 Å². The zero-order valence-corrected chi connectivity index (χ0v) is 16.6. The van der Waals surface area contributed by atoms with Crippen LogP contribution in [0.2, 0.25) is 10.0 Å². The fourth-order valence-electron chi connectivity index (χ4n) is 2.50. The first-order chi connectivity index (χ1) is 12.7. The van der Waals surface area contributed by atoms with Gasteiger partial charge in [0, 0.05) is 11.5 Å². The van der Waals surface area contributed by atoms with Crippen LogP contribution in [0.4, 0.5) is 10.2 Å². The molecule has 0 spiro atoms. The third-order valence-electron chi connectivity index (χ3n) is 3.98. The Kier molecular flexibility index (Phi) is 5.27. The molecule has 0 aliphatic heterocycles. The van der Waals surface area contributed by atoms with Gasteiger partial charge in [-0.3, -0.25) is 4.79 Å². The number of amides is 1. The number of hydrogen-bond donors (Lipinski definition) is 1. The molecular weight excluding hydrogens is 388 g/mol. The van der Waals surface area contributed by atoms with Gasteiger partial charge in [-0.1, -0.05) is 56.1 Å². The first-order valence-corrected chi connectivity index (χ1v) is 9.04. The average Bonchev–Trinajstić information content (AvgIpc) is 2.99. The van der Waals surface area contributed by atoms with Crippen LogP contribution >= 0.6 is 23.2 Å². The van der Waals surface area contributed by atoms with E-state index in [0.29, 0.717) is 16.5 Å². The monoisotopic (exact) mass is 405 g/mol. The Labute approximate surface area is 166 Å². The first kappa shape index (κ1) is 19.4. The van der Waals surface area contributed by atoms with Crippen LogP contribution in [0.3, 0.4) is 0 Å². The molecular formula is C20H18Cl2FN3O. The third kappa shape index (κ3) is 4.15. The minimum absolute atomic E-state index is 0.0346. The van der Waals surface area contributed by atoms with Crippen molar-refractivity contribution in [3.63, 3.8) is 0 Å². The van der Waals surface area contributed by atoms with E-state index in [4.69, 9.17) is 23.2 Å². The summed E-state index contributed by atoms with van der Waals surface area (Å²) in [5.74, 6) is -0.528. The lowest BCUT2D eigenvalue weighted by Crippen LogP contribution is -2.16. The number of aromatic nitrogens is 2. The maximum atomic E-state index is 13.3. The molecule has 4 nitrogen and oxygen atoms in total. The van der Waals surface area contributed by atoms with Crippen molar-refractivity contribution in [2.75, 3.05) is 5.32 Å². The summed E-state index contributed by atoms with van der Waals surface area (Å²) in [5.41, 5.74) is 1.35. The SMILES string of the molecule is CC(C)(C)c1cc(NC(=O)c2ccc(F)cc2Cl)n(-c2ccccc2Cl)n1. The van der Waals surface area contributed by atoms with E-state index < -0.39 is 11.7 Å². The van der Waals surface area contributed by atoms with Crippen molar-refractivity contribution in [3.05, 3.63) is 75.7 Å². The van der Waals surface area contributed by atoms with Gasteiger partial charge in [-0.05, 0) is 30.3 Å². The summed E-state index contributed by atoms with van der Waals surface area (Å²) in [6.45, 7) is 6.07. The van der Waals surface area contributed by atoms with E-state index >= 15 is 0 Å². The number of halogens is 3. The molecule has 0 radical (unpaired) electrons. The van der Waals surface area contributed by atoms with E-state index in [2.05, 4.69) is 10.4 Å². The van der Waals surface area contributed by atoms with E-state index in [1.807, 2.05) is 39.0 Å². The molecule has 1 amide bonds. The minimum Gasteiger partial charge on any atom is -0.306 e. The molecule has 0 fully saturated rings. The summed E-state index contributed by atoms with van der Waals surface area (Å²) in [5, 5.41) is 7.95. The van der Waals surface area contributed by atoms with Crippen LogP contribution in [-0.4, -0.2) is 15.7 Å². The van der Waals surface area contributed by atoms with Gasteiger partial charge in [0.05, 0.1) is 27.0 Å². The molecule has 1 aromatic heterocycles. The summed E-state index contributed by atoms with van der Waals surface area (Å²) in [6, 6.07) is 12.6. The van der Waals surface area contributed by atoms with E-state index in [9.17, 15) is 9.18 Å². The van der Waals surface area contributed by atoms with Crippen LogP contribution in [0.5, 0.6) is 0 Å². The Bertz CT molecular complexity index is 1010. The number of nitrogens with one attached hydrogen (secondary N) is 1. The number of hydrogen-bond acceptors (Lipinski definition) is 2. The highest BCUT2D eigenvalue weighted by Gasteiger charge is 2.23. The molecule has 1 heterocycles. The Hall–Kier alpha value is -2.37. The molecule has 0 saturated heterocycles. The van der Waals surface area contributed by atoms with E-state index in [-0.39, 0.29) is 16.0 Å². The van der Waals surface area contributed by atoms with Gasteiger partial charge in [0.2, 0.25) is 0 Å². The van der Waals surface area contributed by atoms with Gasteiger partial charge in [0.1, 0.15) is 11.6 Å². The fraction of sp³-hybridized carbons (Fsp3) is 0.200. The number of nitrogens with zero attached hydrogens (tertiary/aromatic N) is 2. The van der Waals surface area contributed by atoms with Gasteiger partial charge < -0.3 is 5.32 Å². The maximum absolute atomic E-state index is 13.3. The molecule has 2 aromatic carbocycles. The Morgan fingerprint density at radius 3 is 2.41 bits per heavy atom. The number of rotatable bonds is 3. The summed E-state index contributed by atoms with van der Waals surface area (Å²) < 4.78 is 14.8. The molecule has 140 valence electrons. The summed E-state index contributed by atoms with van der Waals surface area (Å²) in [7, 11) is 0. The van der Waals surface area contributed by atoms with Gasteiger partial charge in [-0.2, -0.15) is 5.10 Å². The largest absolute Gasteiger partial charge is 0.306 e. The highest BCUT2D eigenvalue weighted by atomic mass is 35.5. The molecule has 1 N–H and O–H groups in total. The Morgan fingerprint density at radius 1 is 1.07 bits per heavy atom. The molecule has 0 bridgehead atoms. The fourth-order valence-corrected chi connectivity index (χ4v) is 2.97. The molecule has 0 aliphatic rings. The van der Waals surface area contributed by atoms with Crippen LogP contribution in [0.1, 0.15) is 36.8 Å². The van der Waals surface area contributed by atoms with Crippen molar-refractivity contribution in [1.82, 2.24) is 9.78 Å². The van der Waals surface area contributed by atoms with Gasteiger partial charge in [-0.25, -0.2) is 9.07 Å². The molecule has 0 atom stereocenters. The van der Waals surface area contributed by atoms with E-state index in [1.165, 1.54) is 12.1 Å². The summed E-state index contributed by atoms with van der Waals surface area (Å²) >= 11 is 12.3. The van der Waals surface area contributed by atoms with Crippen LogP contribution < -0.4 is 5.32 Å². The first-order valence-electron chi connectivity index (χ1n) is 8.28. The van der Waals surface area contributed by atoms with Gasteiger partial charge in [0.15, 0.2) is 0 Å². The second kappa shape index (κ2) is 7.33. The predicted molar refractivity (Wildman–Crippen MR) is 107 cm³/mol. The highest BCUT2D eigenvalue weighted by molar-refractivity contribution is 6.34. The second-order valence-corrected chi connectivity index (χ2v) is 7.92. The molecule has 3 aromatic rings. The second-order valence-electron chi connectivity index (χ2n) is 7.11. The van der Waals surface area contributed by atoms with Gasteiger partial charge in [-0.15, -0.1) is 0 Å². The summed E-state index contributed by atoms with van der Waals surface area (Å²) in [6.07, 6.45) is 0. The molecule has 3 rings (SSSR count). The Balaban J connectivity index is 2.05. The number of para-hydroxylation sites is 1. The zero-order chi connectivity index (χ0) is 19.8. The van der Waals surface area contributed by atoms with Crippen LogP contribution in [0, 0.1) is 5.82 Å². The lowest BCUT2D eigenvalue weighted by atomic mass is 9.92. The molecule has 0 saturated carbocycles. The molecule has 0 aliphatic carbocycles. The van der Waals surface area contributed by atoms with Crippen LogP contribution in [-0.2, 0) is 5.41 Å². The molecule has 0 unspecified atom stereocenters. The van der Waals surface area contributed by atoms with Crippen molar-refractivity contribution < 1.29 is 9.18 Å². The van der Waals surface area contributed by atoms with Crippen molar-refractivity contribution in [2.24, 2.45) is 0 Å². The van der Waals surface area contributed by atoms with Gasteiger partial charge >= 0.3 is 0 Å². The third-order valence-corrected chi connectivity index (χ3v) is 4.61. The van der Waals surface area contributed by atoms with Crippen LogP contribution in [0.25, 0.3) is 5.69 Å². The lowest BCUT2D eigenvalue weighted by molar-refractivity contribution is 0.102. The number of carbonyl (C=O) groups excluding carboxylic acids is 1. The van der Waals surface area contributed by atoms with Crippen molar-refractivity contribution >= 4 is 34.9 Å². The highest BCUT2D eigenvalue weighted by Crippen LogP contribution is 2.29. The predicted octanol–water partition coefficient (Wildman–Crippen LogP) is 5.87. The topological polar surface area (TPSA) is 46.9 Å². The van der Waals surface area contributed by atoms with Crippen molar-refractivity contribution in [2.45, 2.75) is 26.2 Å². The number of benzene rings is 2. The maximum Gasteiger partial charge on any atom is 0.258 e. The Morgan fingerprint density at radius 2 is 1.78 bits per heavy atom. The summed E-state index contributed by atoms with van der Waals surface area (Å²) in [4.78, 5) is 12.7.